The fraction of sp³-hybridized carbons (Fsp3) is 0.733. The van der Waals surface area contributed by atoms with Gasteiger partial charge in [0.15, 0.2) is 0 Å². The van der Waals surface area contributed by atoms with E-state index in [-0.39, 0.29) is 0 Å². The van der Waals surface area contributed by atoms with Crippen LogP contribution in [0.4, 0.5) is 11.6 Å². The van der Waals surface area contributed by atoms with E-state index in [9.17, 15) is 0 Å². The van der Waals surface area contributed by atoms with Crippen LogP contribution in [0.25, 0.3) is 0 Å². The number of anilines is 2. The number of aryl methyl sites for hydroxylation is 1. The van der Waals surface area contributed by atoms with Gasteiger partial charge in [0.25, 0.3) is 0 Å². The molecule has 0 atom stereocenters. The van der Waals surface area contributed by atoms with E-state index in [0.29, 0.717) is 0 Å². The SMILES string of the molecule is CCCCCCCCNc1cc(NC)nc(CC)n1. The highest BCUT2D eigenvalue weighted by Crippen LogP contribution is 2.12. The van der Waals surface area contributed by atoms with Gasteiger partial charge in [0.2, 0.25) is 0 Å². The fourth-order valence-corrected chi connectivity index (χ4v) is 2.00. The minimum absolute atomic E-state index is 0.862. The first-order valence-corrected chi connectivity index (χ1v) is 7.59. The maximum atomic E-state index is 4.48. The van der Waals surface area contributed by atoms with E-state index in [4.69, 9.17) is 0 Å². The van der Waals surface area contributed by atoms with Crippen LogP contribution < -0.4 is 10.6 Å². The molecule has 0 unspecified atom stereocenters. The van der Waals surface area contributed by atoms with Crippen LogP contribution in [-0.4, -0.2) is 23.6 Å². The Balaban J connectivity index is 2.28. The molecule has 0 aliphatic heterocycles. The molecular weight excluding hydrogens is 236 g/mol. The monoisotopic (exact) mass is 264 g/mol. The first kappa shape index (κ1) is 15.7. The molecule has 1 rings (SSSR count). The van der Waals surface area contributed by atoms with Gasteiger partial charge in [0, 0.05) is 26.1 Å². The van der Waals surface area contributed by atoms with Crippen LogP contribution in [0.5, 0.6) is 0 Å². The van der Waals surface area contributed by atoms with Crippen molar-refractivity contribution in [3.8, 4) is 0 Å². The zero-order valence-corrected chi connectivity index (χ0v) is 12.6. The van der Waals surface area contributed by atoms with Crippen LogP contribution in [0, 0.1) is 0 Å². The number of nitrogens with one attached hydrogen (secondary N) is 2. The third-order valence-electron chi connectivity index (χ3n) is 3.18. The predicted molar refractivity (Wildman–Crippen MR) is 82.8 cm³/mol. The quantitative estimate of drug-likeness (QED) is 0.630. The maximum Gasteiger partial charge on any atom is 0.132 e. The van der Waals surface area contributed by atoms with E-state index in [1.807, 2.05) is 13.1 Å². The van der Waals surface area contributed by atoms with Gasteiger partial charge in [-0.25, -0.2) is 9.97 Å². The van der Waals surface area contributed by atoms with Gasteiger partial charge < -0.3 is 10.6 Å². The molecule has 1 heterocycles. The second kappa shape index (κ2) is 9.59. The summed E-state index contributed by atoms with van der Waals surface area (Å²) in [6.07, 6.45) is 8.77. The Bertz CT molecular complexity index is 330. The van der Waals surface area contributed by atoms with Crippen molar-refractivity contribution in [2.75, 3.05) is 24.2 Å². The van der Waals surface area contributed by atoms with E-state index < -0.39 is 0 Å². The number of hydrogen-bond donors (Lipinski definition) is 2. The van der Waals surface area contributed by atoms with Crippen molar-refractivity contribution >= 4 is 11.6 Å². The standard InChI is InChI=1S/C15H28N4/c1-4-6-7-8-9-10-11-17-15-12-14(16-3)18-13(5-2)19-15/h12H,4-11H2,1-3H3,(H2,16,17,18,19). The summed E-state index contributed by atoms with van der Waals surface area (Å²) in [7, 11) is 1.89. The lowest BCUT2D eigenvalue weighted by Crippen LogP contribution is -2.07. The van der Waals surface area contributed by atoms with Crippen molar-refractivity contribution < 1.29 is 0 Å². The highest BCUT2D eigenvalue weighted by atomic mass is 15.1. The summed E-state index contributed by atoms with van der Waals surface area (Å²) in [6, 6.07) is 1.97. The second-order valence-corrected chi connectivity index (χ2v) is 4.85. The minimum Gasteiger partial charge on any atom is -0.373 e. The second-order valence-electron chi connectivity index (χ2n) is 4.85. The van der Waals surface area contributed by atoms with Crippen LogP contribution >= 0.6 is 0 Å². The molecule has 1 aromatic heterocycles. The zero-order chi connectivity index (χ0) is 13.9. The molecule has 2 N–H and O–H groups in total. The van der Waals surface area contributed by atoms with Crippen LogP contribution in [0.1, 0.15) is 58.2 Å². The lowest BCUT2D eigenvalue weighted by atomic mass is 10.1. The van der Waals surface area contributed by atoms with Crippen molar-refractivity contribution in [3.05, 3.63) is 11.9 Å². The van der Waals surface area contributed by atoms with Gasteiger partial charge in [-0.1, -0.05) is 46.0 Å². The molecule has 0 fully saturated rings. The number of rotatable bonds is 10. The summed E-state index contributed by atoms with van der Waals surface area (Å²) in [5, 5.41) is 6.47. The molecule has 0 aliphatic carbocycles. The lowest BCUT2D eigenvalue weighted by molar-refractivity contribution is 0.616. The van der Waals surface area contributed by atoms with Gasteiger partial charge in [-0.2, -0.15) is 0 Å². The summed E-state index contributed by atoms with van der Waals surface area (Å²) >= 11 is 0. The van der Waals surface area contributed by atoms with Gasteiger partial charge in [-0.3, -0.25) is 0 Å². The molecule has 0 saturated carbocycles. The molecule has 0 aliphatic rings. The average Bonchev–Trinajstić information content (AvgIpc) is 2.45. The van der Waals surface area contributed by atoms with Gasteiger partial charge >= 0.3 is 0 Å². The number of nitrogens with zero attached hydrogens (tertiary/aromatic N) is 2. The van der Waals surface area contributed by atoms with Crippen molar-refractivity contribution in [2.45, 2.75) is 58.8 Å². The molecule has 19 heavy (non-hydrogen) atoms. The van der Waals surface area contributed by atoms with Gasteiger partial charge in [-0.05, 0) is 6.42 Å². The van der Waals surface area contributed by atoms with Gasteiger partial charge in [-0.15, -0.1) is 0 Å². The molecule has 0 aromatic carbocycles. The maximum absolute atomic E-state index is 4.48. The third kappa shape index (κ3) is 6.41. The van der Waals surface area contributed by atoms with Crippen LogP contribution in [0.3, 0.4) is 0 Å². The Morgan fingerprint density at radius 2 is 1.63 bits per heavy atom. The Hall–Kier alpha value is -1.32. The van der Waals surface area contributed by atoms with Crippen LogP contribution in [0.15, 0.2) is 6.07 Å². The largest absolute Gasteiger partial charge is 0.373 e. The summed E-state index contributed by atoms with van der Waals surface area (Å²) in [5.41, 5.74) is 0. The molecular formula is C15H28N4. The molecule has 0 saturated heterocycles. The number of unbranched alkanes of at least 4 members (excludes halogenated alkanes) is 5. The molecule has 1 aromatic rings. The minimum atomic E-state index is 0.862. The highest BCUT2D eigenvalue weighted by molar-refractivity contribution is 5.47. The molecule has 0 spiro atoms. The normalized spacial score (nSPS) is 10.5. The van der Waals surface area contributed by atoms with E-state index in [1.54, 1.807) is 0 Å². The van der Waals surface area contributed by atoms with E-state index >= 15 is 0 Å². The number of aromatic nitrogens is 2. The molecule has 108 valence electrons. The van der Waals surface area contributed by atoms with Gasteiger partial charge in [0.05, 0.1) is 0 Å². The zero-order valence-electron chi connectivity index (χ0n) is 12.6. The molecule has 0 amide bonds. The molecule has 4 heteroatoms. The van der Waals surface area contributed by atoms with Gasteiger partial charge in [0.1, 0.15) is 17.5 Å². The summed E-state index contributed by atoms with van der Waals surface area (Å²) < 4.78 is 0. The first-order valence-electron chi connectivity index (χ1n) is 7.59. The Morgan fingerprint density at radius 3 is 2.32 bits per heavy atom. The summed E-state index contributed by atoms with van der Waals surface area (Å²) in [5.74, 6) is 2.71. The Labute approximate surface area is 117 Å². The van der Waals surface area contributed by atoms with Crippen molar-refractivity contribution in [3.63, 3.8) is 0 Å². The number of hydrogen-bond acceptors (Lipinski definition) is 4. The molecule has 0 radical (unpaired) electrons. The predicted octanol–water partition coefficient (Wildman–Crippen LogP) is 3.85. The Morgan fingerprint density at radius 1 is 0.947 bits per heavy atom. The Kier molecular flexibility index (Phi) is 7.94. The third-order valence-corrected chi connectivity index (χ3v) is 3.18. The van der Waals surface area contributed by atoms with Crippen molar-refractivity contribution in [1.29, 1.82) is 0 Å². The lowest BCUT2D eigenvalue weighted by Gasteiger charge is -2.09. The topological polar surface area (TPSA) is 49.8 Å². The van der Waals surface area contributed by atoms with Crippen LogP contribution in [0.2, 0.25) is 0 Å². The van der Waals surface area contributed by atoms with E-state index in [1.165, 1.54) is 38.5 Å². The van der Waals surface area contributed by atoms with E-state index in [0.717, 1.165) is 30.4 Å². The molecule has 0 bridgehead atoms. The van der Waals surface area contributed by atoms with Crippen molar-refractivity contribution in [1.82, 2.24) is 9.97 Å². The van der Waals surface area contributed by atoms with Crippen LogP contribution in [-0.2, 0) is 6.42 Å². The highest BCUT2D eigenvalue weighted by Gasteiger charge is 2.01. The summed E-state index contributed by atoms with van der Waals surface area (Å²) in [4.78, 5) is 8.87. The fourth-order valence-electron chi connectivity index (χ4n) is 2.00. The van der Waals surface area contributed by atoms with E-state index in [2.05, 4.69) is 34.4 Å². The van der Waals surface area contributed by atoms with Crippen molar-refractivity contribution in [2.24, 2.45) is 0 Å². The average molecular weight is 264 g/mol. The molecule has 4 nitrogen and oxygen atoms in total. The smallest absolute Gasteiger partial charge is 0.132 e. The first-order chi connectivity index (χ1) is 9.30. The summed E-state index contributed by atoms with van der Waals surface area (Å²) in [6.45, 7) is 5.32.